The van der Waals surface area contributed by atoms with Crippen LogP contribution in [0.25, 0.3) is 0 Å². The van der Waals surface area contributed by atoms with Crippen LogP contribution in [0.15, 0.2) is 23.5 Å². The summed E-state index contributed by atoms with van der Waals surface area (Å²) < 4.78 is 6.56. The molecule has 15 heavy (non-hydrogen) atoms. The maximum Gasteiger partial charge on any atom is 0.295 e. The van der Waals surface area contributed by atoms with Gasteiger partial charge in [-0.3, -0.25) is 4.79 Å². The summed E-state index contributed by atoms with van der Waals surface area (Å²) in [4.78, 5) is 16.2. The zero-order chi connectivity index (χ0) is 11.3. The lowest BCUT2D eigenvalue weighted by Crippen LogP contribution is -2.07. The summed E-state index contributed by atoms with van der Waals surface area (Å²) in [6.45, 7) is 2.22. The van der Waals surface area contributed by atoms with Crippen LogP contribution in [-0.4, -0.2) is 36.4 Å². The van der Waals surface area contributed by atoms with Gasteiger partial charge >= 0.3 is 0 Å². The van der Waals surface area contributed by atoms with Crippen LogP contribution in [-0.2, 0) is 9.53 Å². The molecule has 1 aromatic rings. The van der Waals surface area contributed by atoms with Gasteiger partial charge in [-0.15, -0.1) is 0 Å². The number of aromatic nitrogens is 1. The Labute approximate surface area is 89.0 Å². The fraction of sp³-hybridized carbons (Fsp3) is 0.400. The number of carbonyl (C=O) groups is 1. The molecule has 1 heterocycles. The maximum atomic E-state index is 10.1. The second-order valence-electron chi connectivity index (χ2n) is 3.36. The first-order valence-electron chi connectivity index (χ1n) is 4.60. The Morgan fingerprint density at radius 3 is 2.93 bits per heavy atom. The third-order valence-electron chi connectivity index (χ3n) is 1.81. The molecule has 0 N–H and O–H groups in total. The predicted molar refractivity (Wildman–Crippen MR) is 58.1 cm³/mol. The van der Waals surface area contributed by atoms with Crippen LogP contribution in [0.1, 0.15) is 13.2 Å². The maximum absolute atomic E-state index is 10.1. The van der Waals surface area contributed by atoms with E-state index in [-0.39, 0.29) is 6.23 Å². The Morgan fingerprint density at radius 1 is 1.60 bits per heavy atom. The van der Waals surface area contributed by atoms with Crippen molar-refractivity contribution in [3.8, 4) is 0 Å². The van der Waals surface area contributed by atoms with E-state index < -0.39 is 0 Å². The Hall–Kier alpha value is -1.78. The monoisotopic (exact) mass is 209 g/mol. The van der Waals surface area contributed by atoms with Crippen LogP contribution in [0, 0.1) is 0 Å². The number of rotatable bonds is 5. The molecule has 0 aliphatic carbocycles. The van der Waals surface area contributed by atoms with Crippen LogP contribution >= 0.6 is 0 Å². The Bertz CT molecular complexity index is 344. The lowest BCUT2D eigenvalue weighted by atomic mass is 10.5. The van der Waals surface area contributed by atoms with Crippen molar-refractivity contribution in [1.82, 2.24) is 9.47 Å². The first-order valence-corrected chi connectivity index (χ1v) is 4.60. The molecule has 0 saturated heterocycles. The van der Waals surface area contributed by atoms with Crippen molar-refractivity contribution in [3.05, 3.63) is 18.5 Å². The average molecular weight is 209 g/mol. The second kappa shape index (κ2) is 5.19. The molecule has 5 heteroatoms. The van der Waals surface area contributed by atoms with Gasteiger partial charge in [-0.25, -0.2) is 4.99 Å². The third-order valence-corrected chi connectivity index (χ3v) is 1.81. The topological polar surface area (TPSA) is 46.8 Å². The summed E-state index contributed by atoms with van der Waals surface area (Å²) in [5.41, 5.74) is 0.824. The summed E-state index contributed by atoms with van der Waals surface area (Å²) >= 11 is 0. The van der Waals surface area contributed by atoms with Gasteiger partial charge in [0.05, 0.1) is 12.0 Å². The highest BCUT2D eigenvalue weighted by Crippen LogP contribution is 2.16. The summed E-state index contributed by atoms with van der Waals surface area (Å²) in [6.07, 6.45) is 5.04. The highest BCUT2D eigenvalue weighted by atomic mass is 16.5. The second-order valence-corrected chi connectivity index (χ2v) is 3.36. The zero-order valence-corrected chi connectivity index (χ0v) is 9.12. The van der Waals surface area contributed by atoms with Crippen molar-refractivity contribution in [2.75, 3.05) is 14.1 Å². The normalized spacial score (nSPS) is 12.7. The van der Waals surface area contributed by atoms with Crippen molar-refractivity contribution in [3.63, 3.8) is 0 Å². The number of ether oxygens (including phenoxy) is 1. The number of aliphatic imine (C=N–C) groups is 1. The van der Waals surface area contributed by atoms with E-state index >= 15 is 0 Å². The van der Waals surface area contributed by atoms with Crippen molar-refractivity contribution in [1.29, 1.82) is 0 Å². The molecule has 0 fully saturated rings. The first kappa shape index (κ1) is 11.3. The predicted octanol–water partition coefficient (Wildman–Crippen LogP) is 1.40. The first-order chi connectivity index (χ1) is 7.13. The van der Waals surface area contributed by atoms with E-state index in [0.717, 1.165) is 5.69 Å². The highest BCUT2D eigenvalue weighted by molar-refractivity contribution is 5.60. The molecule has 1 unspecified atom stereocenters. The van der Waals surface area contributed by atoms with Gasteiger partial charge in [-0.2, -0.15) is 0 Å². The quantitative estimate of drug-likeness (QED) is 0.418. The van der Waals surface area contributed by atoms with Gasteiger partial charge < -0.3 is 14.2 Å². The van der Waals surface area contributed by atoms with Crippen molar-refractivity contribution < 1.29 is 9.53 Å². The van der Waals surface area contributed by atoms with E-state index in [1.165, 1.54) is 0 Å². The standard InChI is InChI=1S/C10H15N3O2/c1-9(15-8-14)13-5-4-10(6-13)11-7-12(2)3/h4-9H,1-3H3. The van der Waals surface area contributed by atoms with Gasteiger partial charge in [-0.1, -0.05) is 0 Å². The van der Waals surface area contributed by atoms with Crippen LogP contribution in [0.4, 0.5) is 5.69 Å². The molecule has 0 saturated carbocycles. The zero-order valence-electron chi connectivity index (χ0n) is 9.12. The van der Waals surface area contributed by atoms with E-state index in [4.69, 9.17) is 4.74 Å². The van der Waals surface area contributed by atoms with Gasteiger partial charge in [-0.05, 0) is 13.0 Å². The summed E-state index contributed by atoms with van der Waals surface area (Å²) in [5, 5.41) is 0. The van der Waals surface area contributed by atoms with Crippen LogP contribution in [0.3, 0.4) is 0 Å². The van der Waals surface area contributed by atoms with E-state index in [1.54, 1.807) is 17.8 Å². The molecular weight excluding hydrogens is 194 g/mol. The molecule has 5 nitrogen and oxygen atoms in total. The largest absolute Gasteiger partial charge is 0.444 e. The van der Waals surface area contributed by atoms with Gasteiger partial charge in [0.25, 0.3) is 6.47 Å². The number of hydrogen-bond donors (Lipinski definition) is 0. The van der Waals surface area contributed by atoms with Crippen molar-refractivity contribution in [2.45, 2.75) is 13.2 Å². The van der Waals surface area contributed by atoms with E-state index in [1.807, 2.05) is 37.5 Å². The Morgan fingerprint density at radius 2 is 2.33 bits per heavy atom. The SMILES string of the molecule is CC(OC=O)n1ccc(N=CN(C)C)c1. The summed E-state index contributed by atoms with van der Waals surface area (Å²) in [7, 11) is 3.80. The molecule has 1 aromatic heterocycles. The minimum atomic E-state index is -0.300. The molecule has 0 aromatic carbocycles. The third kappa shape index (κ3) is 3.46. The van der Waals surface area contributed by atoms with E-state index in [0.29, 0.717) is 6.47 Å². The number of hydrogen-bond acceptors (Lipinski definition) is 3. The Balaban J connectivity index is 2.67. The van der Waals surface area contributed by atoms with Crippen molar-refractivity contribution >= 4 is 18.5 Å². The molecule has 82 valence electrons. The number of nitrogens with zero attached hydrogens (tertiary/aromatic N) is 3. The van der Waals surface area contributed by atoms with Crippen LogP contribution in [0.2, 0.25) is 0 Å². The molecule has 0 amide bonds. The van der Waals surface area contributed by atoms with E-state index in [2.05, 4.69) is 4.99 Å². The smallest absolute Gasteiger partial charge is 0.295 e. The molecular formula is C10H15N3O2. The molecule has 0 aliphatic rings. The summed E-state index contributed by atoms with van der Waals surface area (Å²) in [5.74, 6) is 0. The number of carbonyl (C=O) groups excluding carboxylic acids is 1. The van der Waals surface area contributed by atoms with Gasteiger partial charge in [0.2, 0.25) is 0 Å². The lowest BCUT2D eigenvalue weighted by molar-refractivity contribution is -0.136. The average Bonchev–Trinajstić information content (AvgIpc) is 2.63. The minimum Gasteiger partial charge on any atom is -0.444 e. The molecule has 1 atom stereocenters. The fourth-order valence-electron chi connectivity index (χ4n) is 1.04. The van der Waals surface area contributed by atoms with Crippen molar-refractivity contribution in [2.24, 2.45) is 4.99 Å². The molecule has 1 rings (SSSR count). The lowest BCUT2D eigenvalue weighted by Gasteiger charge is -2.10. The highest BCUT2D eigenvalue weighted by Gasteiger charge is 2.03. The van der Waals surface area contributed by atoms with Gasteiger partial charge in [0.15, 0.2) is 6.23 Å². The Kier molecular flexibility index (Phi) is 3.91. The van der Waals surface area contributed by atoms with Gasteiger partial charge in [0, 0.05) is 26.5 Å². The molecule has 0 aliphatic heterocycles. The summed E-state index contributed by atoms with van der Waals surface area (Å²) in [6, 6.07) is 1.85. The van der Waals surface area contributed by atoms with E-state index in [9.17, 15) is 4.79 Å². The van der Waals surface area contributed by atoms with Crippen LogP contribution in [0.5, 0.6) is 0 Å². The van der Waals surface area contributed by atoms with Gasteiger partial charge in [0.1, 0.15) is 0 Å². The van der Waals surface area contributed by atoms with Crippen LogP contribution < -0.4 is 0 Å². The molecule has 0 bridgehead atoms. The fourth-order valence-corrected chi connectivity index (χ4v) is 1.04. The molecule has 0 radical (unpaired) electrons. The molecule has 0 spiro atoms. The minimum absolute atomic E-state index is 0.300.